The number of carbonyl (C=O) groups is 3. The van der Waals surface area contributed by atoms with E-state index in [1.807, 2.05) is 13.8 Å². The predicted molar refractivity (Wildman–Crippen MR) is 131 cm³/mol. The summed E-state index contributed by atoms with van der Waals surface area (Å²) in [6.45, 7) is 9.72. The van der Waals surface area contributed by atoms with Crippen molar-refractivity contribution in [2.24, 2.45) is 23.2 Å². The number of rotatable bonds is 7. The molecule has 0 spiro atoms. The Kier molecular flexibility index (Phi) is 6.62. The number of nitrogens with zero attached hydrogens (tertiary/aromatic N) is 2. The smallest absolute Gasteiger partial charge is 0.234 e. The largest absolute Gasteiger partial charge is 0.389 e. The number of ketones is 2. The molecule has 6 fully saturated rings. The van der Waals surface area contributed by atoms with E-state index in [4.69, 9.17) is 0 Å². The summed E-state index contributed by atoms with van der Waals surface area (Å²) in [6, 6.07) is 0. The first kappa shape index (κ1) is 24.0. The highest BCUT2D eigenvalue weighted by Crippen LogP contribution is 2.55. The summed E-state index contributed by atoms with van der Waals surface area (Å²) >= 11 is 0. The van der Waals surface area contributed by atoms with Crippen LogP contribution in [0, 0.1) is 23.2 Å². The van der Waals surface area contributed by atoms with Gasteiger partial charge in [-0.25, -0.2) is 0 Å². The highest BCUT2D eigenvalue weighted by atomic mass is 16.2. The SMILES string of the molecule is CC1(C)CC(=O)C(=CNCCN2CCN(CC(=O)NC34CC5CC(CC(C5)C3)C4)CC2)C(=O)C1. The molecule has 6 rings (SSSR count). The Morgan fingerprint density at radius 2 is 1.44 bits per heavy atom. The molecule has 2 N–H and O–H groups in total. The molecule has 6 aliphatic rings. The van der Waals surface area contributed by atoms with Gasteiger partial charge in [-0.1, -0.05) is 13.8 Å². The monoisotopic (exact) mass is 470 g/mol. The van der Waals surface area contributed by atoms with E-state index < -0.39 is 0 Å². The van der Waals surface area contributed by atoms with Gasteiger partial charge in [0.15, 0.2) is 11.6 Å². The van der Waals surface area contributed by atoms with Gasteiger partial charge in [0.1, 0.15) is 0 Å². The van der Waals surface area contributed by atoms with Crippen LogP contribution in [0.5, 0.6) is 0 Å². The molecular weight excluding hydrogens is 428 g/mol. The first-order chi connectivity index (χ1) is 16.2. The highest BCUT2D eigenvalue weighted by Gasteiger charge is 2.51. The maximum absolute atomic E-state index is 12.9. The van der Waals surface area contributed by atoms with Crippen LogP contribution in [-0.4, -0.2) is 78.6 Å². The van der Waals surface area contributed by atoms with Crippen LogP contribution in [0.2, 0.25) is 0 Å². The molecule has 4 bridgehead atoms. The van der Waals surface area contributed by atoms with Crippen LogP contribution in [0.4, 0.5) is 0 Å². The van der Waals surface area contributed by atoms with Crippen LogP contribution in [0.1, 0.15) is 65.2 Å². The number of nitrogens with one attached hydrogen (secondary N) is 2. The Labute approximate surface area is 204 Å². The van der Waals surface area contributed by atoms with E-state index in [1.165, 1.54) is 38.5 Å². The van der Waals surface area contributed by atoms with Crippen molar-refractivity contribution in [3.63, 3.8) is 0 Å². The number of carbonyl (C=O) groups excluding carboxylic acids is 3. The van der Waals surface area contributed by atoms with Gasteiger partial charge in [-0.2, -0.15) is 0 Å². The quantitative estimate of drug-likeness (QED) is 0.337. The standard InChI is InChI=1S/C27H42N4O3/c1-26(2)15-23(32)22(24(33)16-26)17-28-3-4-30-5-7-31(8-6-30)18-25(34)29-27-12-19-9-20(13-27)11-21(10-19)14-27/h17,19-21,28H,3-16,18H2,1-2H3,(H,29,34). The molecule has 1 amide bonds. The van der Waals surface area contributed by atoms with Crippen molar-refractivity contribution in [1.82, 2.24) is 20.4 Å². The zero-order valence-corrected chi connectivity index (χ0v) is 21.0. The van der Waals surface area contributed by atoms with Gasteiger partial charge in [0.25, 0.3) is 0 Å². The zero-order chi connectivity index (χ0) is 23.9. The van der Waals surface area contributed by atoms with Gasteiger partial charge in [0, 0.05) is 63.8 Å². The second kappa shape index (κ2) is 9.38. The number of piperazine rings is 1. The molecule has 188 valence electrons. The van der Waals surface area contributed by atoms with Crippen LogP contribution in [0.3, 0.4) is 0 Å². The zero-order valence-electron chi connectivity index (χ0n) is 21.0. The fourth-order valence-electron chi connectivity index (χ4n) is 7.81. The molecule has 7 heteroatoms. The van der Waals surface area contributed by atoms with Crippen molar-refractivity contribution < 1.29 is 14.4 Å². The lowest BCUT2D eigenvalue weighted by molar-refractivity contribution is -0.129. The van der Waals surface area contributed by atoms with Gasteiger partial charge in [0.05, 0.1) is 12.1 Å². The summed E-state index contributed by atoms with van der Waals surface area (Å²) in [5.74, 6) is 2.67. The average Bonchev–Trinajstić information content (AvgIpc) is 2.71. The summed E-state index contributed by atoms with van der Waals surface area (Å²) < 4.78 is 0. The normalized spacial score (nSPS) is 35.5. The van der Waals surface area contributed by atoms with Crippen LogP contribution in [0.15, 0.2) is 11.8 Å². The van der Waals surface area contributed by atoms with E-state index >= 15 is 0 Å². The predicted octanol–water partition coefficient (Wildman–Crippen LogP) is 2.12. The number of hydrogen-bond acceptors (Lipinski definition) is 6. The van der Waals surface area contributed by atoms with Gasteiger partial charge in [0.2, 0.25) is 5.91 Å². The number of Topliss-reactive ketones (excluding diaryl/α,β-unsaturated/α-hetero) is 2. The van der Waals surface area contributed by atoms with E-state index in [0.717, 1.165) is 50.5 Å². The van der Waals surface area contributed by atoms with Gasteiger partial charge >= 0.3 is 0 Å². The van der Waals surface area contributed by atoms with Crippen molar-refractivity contribution in [3.05, 3.63) is 11.8 Å². The van der Waals surface area contributed by atoms with E-state index in [-0.39, 0.29) is 28.4 Å². The minimum Gasteiger partial charge on any atom is -0.389 e. The Morgan fingerprint density at radius 3 is 2.00 bits per heavy atom. The summed E-state index contributed by atoms with van der Waals surface area (Å²) in [7, 11) is 0. The second-order valence-electron chi connectivity index (χ2n) is 12.7. The molecule has 0 aromatic rings. The summed E-state index contributed by atoms with van der Waals surface area (Å²) in [5, 5.41) is 6.69. The summed E-state index contributed by atoms with van der Waals surface area (Å²) in [4.78, 5) is 42.1. The molecule has 0 atom stereocenters. The molecule has 1 saturated heterocycles. The lowest BCUT2D eigenvalue weighted by Gasteiger charge is -2.57. The Bertz CT molecular complexity index is 799. The molecule has 0 aromatic carbocycles. The van der Waals surface area contributed by atoms with Crippen LogP contribution in [0.25, 0.3) is 0 Å². The molecule has 0 unspecified atom stereocenters. The maximum Gasteiger partial charge on any atom is 0.234 e. The van der Waals surface area contributed by atoms with Gasteiger partial charge < -0.3 is 10.6 Å². The third-order valence-electron chi connectivity index (χ3n) is 8.97. The first-order valence-corrected chi connectivity index (χ1v) is 13.4. The van der Waals surface area contributed by atoms with Gasteiger partial charge in [-0.15, -0.1) is 0 Å². The van der Waals surface area contributed by atoms with Crippen molar-refractivity contribution in [2.75, 3.05) is 45.8 Å². The number of amides is 1. The molecule has 5 aliphatic carbocycles. The molecule has 34 heavy (non-hydrogen) atoms. The van der Waals surface area contributed by atoms with Gasteiger partial charge in [-0.3, -0.25) is 24.2 Å². The fourth-order valence-corrected chi connectivity index (χ4v) is 7.81. The second-order valence-corrected chi connectivity index (χ2v) is 12.7. The van der Waals surface area contributed by atoms with E-state index in [9.17, 15) is 14.4 Å². The van der Waals surface area contributed by atoms with Gasteiger partial charge in [-0.05, 0) is 61.7 Å². The Morgan fingerprint density at radius 1 is 0.912 bits per heavy atom. The van der Waals surface area contributed by atoms with E-state index in [1.54, 1.807) is 6.20 Å². The Balaban J connectivity index is 1.00. The van der Waals surface area contributed by atoms with E-state index in [2.05, 4.69) is 20.4 Å². The molecular formula is C27H42N4O3. The molecule has 0 radical (unpaired) electrons. The lowest BCUT2D eigenvalue weighted by atomic mass is 9.53. The minimum absolute atomic E-state index is 0.0471. The van der Waals surface area contributed by atoms with E-state index in [0.29, 0.717) is 31.5 Å². The van der Waals surface area contributed by atoms with Crippen LogP contribution in [-0.2, 0) is 14.4 Å². The maximum atomic E-state index is 12.9. The Hall–Kier alpha value is -1.73. The molecule has 5 saturated carbocycles. The lowest BCUT2D eigenvalue weighted by Crippen LogP contribution is -2.61. The summed E-state index contributed by atoms with van der Waals surface area (Å²) in [5.41, 5.74) is 0.205. The average molecular weight is 471 g/mol. The van der Waals surface area contributed by atoms with Crippen LogP contribution < -0.4 is 10.6 Å². The van der Waals surface area contributed by atoms with Crippen LogP contribution >= 0.6 is 0 Å². The fraction of sp³-hybridized carbons (Fsp3) is 0.815. The molecule has 1 aliphatic heterocycles. The third-order valence-corrected chi connectivity index (χ3v) is 8.97. The minimum atomic E-state index is -0.225. The highest BCUT2D eigenvalue weighted by molar-refractivity contribution is 6.22. The van der Waals surface area contributed by atoms with Crippen molar-refractivity contribution >= 4 is 17.5 Å². The third kappa shape index (κ3) is 5.40. The van der Waals surface area contributed by atoms with Crippen molar-refractivity contribution in [3.8, 4) is 0 Å². The molecule has 0 aromatic heterocycles. The molecule has 7 nitrogen and oxygen atoms in total. The van der Waals surface area contributed by atoms with Crippen molar-refractivity contribution in [1.29, 1.82) is 0 Å². The number of allylic oxidation sites excluding steroid dienone is 1. The van der Waals surface area contributed by atoms with Crippen molar-refractivity contribution in [2.45, 2.75) is 70.8 Å². The number of hydrogen-bond donors (Lipinski definition) is 2. The first-order valence-electron chi connectivity index (χ1n) is 13.4. The summed E-state index contributed by atoms with van der Waals surface area (Å²) in [6.07, 6.45) is 10.3. The molecule has 1 heterocycles. The topological polar surface area (TPSA) is 81.8 Å².